The molecule has 9 heteroatoms. The molecule has 0 aromatic carbocycles. The van der Waals surface area contributed by atoms with E-state index in [1.165, 1.54) is 0 Å². The molecule has 0 saturated carbocycles. The molecule has 9 nitrogen and oxygen atoms in total. The first-order valence-corrected chi connectivity index (χ1v) is 9.12. The lowest BCUT2D eigenvalue weighted by Crippen LogP contribution is -2.33. The summed E-state index contributed by atoms with van der Waals surface area (Å²) in [6.07, 6.45) is 3.79. The predicted octanol–water partition coefficient (Wildman–Crippen LogP) is 1.37. The molecule has 0 amide bonds. The average molecular weight is 368 g/mol. The highest BCUT2D eigenvalue weighted by molar-refractivity contribution is 5.45. The van der Waals surface area contributed by atoms with Crippen LogP contribution in [0.4, 0.5) is 5.82 Å². The highest BCUT2D eigenvalue weighted by Gasteiger charge is 2.25. The summed E-state index contributed by atoms with van der Waals surface area (Å²) in [7, 11) is 5.56. The molecule has 1 saturated heterocycles. The van der Waals surface area contributed by atoms with Crippen LogP contribution in [0.1, 0.15) is 30.3 Å². The first-order chi connectivity index (χ1) is 13.1. The second-order valence-corrected chi connectivity index (χ2v) is 7.00. The summed E-state index contributed by atoms with van der Waals surface area (Å²) in [4.78, 5) is 12.9. The number of hydrogen-bond donors (Lipinski definition) is 0. The zero-order chi connectivity index (χ0) is 18.8. The van der Waals surface area contributed by atoms with Crippen molar-refractivity contribution in [2.45, 2.75) is 25.3 Å². The molecule has 0 bridgehead atoms. The fourth-order valence-corrected chi connectivity index (χ4v) is 3.43. The van der Waals surface area contributed by atoms with Gasteiger partial charge in [-0.05, 0) is 44.1 Å². The van der Waals surface area contributed by atoms with E-state index in [0.29, 0.717) is 11.9 Å². The Morgan fingerprint density at radius 1 is 1.15 bits per heavy atom. The molecule has 0 atom stereocenters. The lowest BCUT2D eigenvalue weighted by molar-refractivity contribution is 0.198. The molecule has 3 aromatic rings. The van der Waals surface area contributed by atoms with Crippen LogP contribution in [0, 0.1) is 0 Å². The zero-order valence-electron chi connectivity index (χ0n) is 15.9. The molecule has 27 heavy (non-hydrogen) atoms. The van der Waals surface area contributed by atoms with Crippen LogP contribution in [0.2, 0.25) is 0 Å². The summed E-state index contributed by atoms with van der Waals surface area (Å²) < 4.78 is 7.00. The van der Waals surface area contributed by atoms with E-state index in [2.05, 4.69) is 30.2 Å². The summed E-state index contributed by atoms with van der Waals surface area (Å²) in [6, 6.07) is 6.29. The van der Waals surface area contributed by atoms with Crippen LogP contribution in [0.15, 0.2) is 24.4 Å². The summed E-state index contributed by atoms with van der Waals surface area (Å²) >= 11 is 0. The van der Waals surface area contributed by atoms with Crippen molar-refractivity contribution in [3.8, 4) is 6.01 Å². The van der Waals surface area contributed by atoms with Gasteiger partial charge in [0.1, 0.15) is 5.82 Å². The van der Waals surface area contributed by atoms with Gasteiger partial charge in [0.15, 0.2) is 11.5 Å². The van der Waals surface area contributed by atoms with Crippen LogP contribution in [-0.4, -0.2) is 69.0 Å². The quantitative estimate of drug-likeness (QED) is 0.668. The fraction of sp³-hybridized carbons (Fsp3) is 0.500. The van der Waals surface area contributed by atoms with E-state index in [-0.39, 0.29) is 0 Å². The van der Waals surface area contributed by atoms with Gasteiger partial charge in [-0.1, -0.05) is 0 Å². The van der Waals surface area contributed by atoms with Crippen LogP contribution in [0.5, 0.6) is 6.01 Å². The van der Waals surface area contributed by atoms with Crippen LogP contribution >= 0.6 is 0 Å². The number of rotatable bonds is 5. The summed E-state index contributed by atoms with van der Waals surface area (Å²) in [5.41, 5.74) is 1.77. The third kappa shape index (κ3) is 3.68. The molecule has 3 aromatic heterocycles. The molecule has 1 aliphatic heterocycles. The largest absolute Gasteiger partial charge is 0.467 e. The van der Waals surface area contributed by atoms with Crippen LogP contribution < -0.4 is 9.64 Å². The Hall–Kier alpha value is -2.81. The number of methoxy groups -OCH3 is 1. The van der Waals surface area contributed by atoms with Crippen LogP contribution in [-0.2, 0) is 6.54 Å². The Morgan fingerprint density at radius 2 is 1.96 bits per heavy atom. The third-order valence-electron chi connectivity index (χ3n) is 4.94. The van der Waals surface area contributed by atoms with Crippen molar-refractivity contribution in [1.29, 1.82) is 0 Å². The lowest BCUT2D eigenvalue weighted by Gasteiger charge is -2.30. The Kier molecular flexibility index (Phi) is 4.85. The highest BCUT2D eigenvalue weighted by atomic mass is 16.5. The van der Waals surface area contributed by atoms with Gasteiger partial charge in [0.05, 0.1) is 12.8 Å². The Bertz CT molecular complexity index is 917. The average Bonchev–Trinajstić information content (AvgIpc) is 3.12. The van der Waals surface area contributed by atoms with E-state index in [4.69, 9.17) is 4.74 Å². The molecule has 4 heterocycles. The Morgan fingerprint density at radius 3 is 2.70 bits per heavy atom. The number of nitrogens with zero attached hydrogens (tertiary/aromatic N) is 8. The standard InChI is InChI=1S/C18H24N8O/c1-24(2)16-5-4-15-21-22-17(26(15)23-16)13-7-10-25(11-8-13)12-14-6-9-19-18(20-14)27-3/h4-6,9,13H,7-8,10-12H2,1-3H3. The first-order valence-electron chi connectivity index (χ1n) is 9.12. The number of fused-ring (bicyclic) bond motifs is 1. The van der Waals surface area contributed by atoms with Gasteiger partial charge in [0, 0.05) is 32.8 Å². The molecule has 1 aliphatic rings. The molecular formula is C18H24N8O. The van der Waals surface area contributed by atoms with Crippen molar-refractivity contribution < 1.29 is 4.74 Å². The molecule has 0 radical (unpaired) electrons. The monoisotopic (exact) mass is 368 g/mol. The minimum absolute atomic E-state index is 0.362. The smallest absolute Gasteiger partial charge is 0.316 e. The topological polar surface area (TPSA) is 84.6 Å². The minimum Gasteiger partial charge on any atom is -0.467 e. The molecule has 142 valence electrons. The van der Waals surface area contributed by atoms with Gasteiger partial charge in [0.25, 0.3) is 0 Å². The van der Waals surface area contributed by atoms with Crippen molar-refractivity contribution in [3.63, 3.8) is 0 Å². The van der Waals surface area contributed by atoms with Crippen molar-refractivity contribution in [1.82, 2.24) is 34.7 Å². The maximum absolute atomic E-state index is 5.11. The molecule has 0 N–H and O–H groups in total. The summed E-state index contributed by atoms with van der Waals surface area (Å²) in [6.45, 7) is 2.77. The van der Waals surface area contributed by atoms with Gasteiger partial charge in [-0.2, -0.15) is 9.50 Å². The van der Waals surface area contributed by atoms with E-state index in [1.807, 2.05) is 41.7 Å². The lowest BCUT2D eigenvalue weighted by atomic mass is 9.96. The van der Waals surface area contributed by atoms with Gasteiger partial charge >= 0.3 is 6.01 Å². The maximum atomic E-state index is 5.11. The van der Waals surface area contributed by atoms with Crippen LogP contribution in [0.25, 0.3) is 5.65 Å². The van der Waals surface area contributed by atoms with Crippen molar-refractivity contribution in [2.24, 2.45) is 0 Å². The van der Waals surface area contributed by atoms with Gasteiger partial charge in [-0.3, -0.25) is 4.90 Å². The molecular weight excluding hydrogens is 344 g/mol. The molecule has 0 unspecified atom stereocenters. The van der Waals surface area contributed by atoms with E-state index in [1.54, 1.807) is 13.3 Å². The minimum atomic E-state index is 0.362. The van der Waals surface area contributed by atoms with Gasteiger partial charge in [-0.25, -0.2) is 4.98 Å². The molecule has 0 aliphatic carbocycles. The Balaban J connectivity index is 1.44. The third-order valence-corrected chi connectivity index (χ3v) is 4.94. The molecule has 0 spiro atoms. The van der Waals surface area contributed by atoms with E-state index in [0.717, 1.165) is 55.5 Å². The second kappa shape index (κ2) is 7.43. The van der Waals surface area contributed by atoms with E-state index >= 15 is 0 Å². The predicted molar refractivity (Wildman–Crippen MR) is 101 cm³/mol. The molecule has 4 rings (SSSR count). The number of likely N-dealkylation sites (tertiary alicyclic amines) is 1. The number of ether oxygens (including phenoxy) is 1. The fourth-order valence-electron chi connectivity index (χ4n) is 3.43. The van der Waals surface area contributed by atoms with Crippen LogP contribution in [0.3, 0.4) is 0 Å². The first kappa shape index (κ1) is 17.6. The zero-order valence-corrected chi connectivity index (χ0v) is 15.9. The number of anilines is 1. The Labute approximate surface area is 158 Å². The number of piperidine rings is 1. The summed E-state index contributed by atoms with van der Waals surface area (Å²) in [5.74, 6) is 2.22. The normalized spacial score (nSPS) is 16.0. The van der Waals surface area contributed by atoms with Crippen molar-refractivity contribution in [2.75, 3.05) is 39.2 Å². The summed E-state index contributed by atoms with van der Waals surface area (Å²) in [5, 5.41) is 13.4. The van der Waals surface area contributed by atoms with Crippen molar-refractivity contribution >= 4 is 11.5 Å². The maximum Gasteiger partial charge on any atom is 0.316 e. The van der Waals surface area contributed by atoms with E-state index < -0.39 is 0 Å². The number of hydrogen-bond acceptors (Lipinski definition) is 8. The van der Waals surface area contributed by atoms with E-state index in [9.17, 15) is 0 Å². The van der Waals surface area contributed by atoms with Gasteiger partial charge < -0.3 is 9.64 Å². The molecule has 1 fully saturated rings. The van der Waals surface area contributed by atoms with Gasteiger partial charge in [0.2, 0.25) is 0 Å². The number of aromatic nitrogens is 6. The van der Waals surface area contributed by atoms with Gasteiger partial charge in [-0.15, -0.1) is 15.3 Å². The second-order valence-electron chi connectivity index (χ2n) is 7.00. The highest BCUT2D eigenvalue weighted by Crippen LogP contribution is 2.27. The SMILES string of the molecule is COc1nccc(CN2CCC(c3nnc4ccc(N(C)C)nn34)CC2)n1. The van der Waals surface area contributed by atoms with Crippen molar-refractivity contribution in [3.05, 3.63) is 35.9 Å².